The molecule has 5 nitrogen and oxygen atoms in total. The number of carbonyl (C=O) groups is 1. The fraction of sp³-hybridized carbons (Fsp3) is 0.700. The molecule has 1 saturated heterocycles. The van der Waals surface area contributed by atoms with Gasteiger partial charge >= 0.3 is 0 Å². The molecule has 0 bridgehead atoms. The van der Waals surface area contributed by atoms with Gasteiger partial charge in [-0.25, -0.2) is 0 Å². The molecule has 1 aliphatic rings. The zero-order chi connectivity index (χ0) is 11.4. The molecule has 6 heteroatoms. The van der Waals surface area contributed by atoms with Crippen LogP contribution in [0.4, 0.5) is 0 Å². The first-order valence-electron chi connectivity index (χ1n) is 5.38. The van der Waals surface area contributed by atoms with Crippen molar-refractivity contribution < 1.29 is 9.53 Å². The molecule has 2 rings (SSSR count). The summed E-state index contributed by atoms with van der Waals surface area (Å²) >= 11 is 1.33. The Kier molecular flexibility index (Phi) is 3.84. The summed E-state index contributed by atoms with van der Waals surface area (Å²) in [6.07, 6.45) is 1.56. The van der Waals surface area contributed by atoms with Crippen LogP contribution in [0.3, 0.4) is 0 Å². The second kappa shape index (κ2) is 5.36. The van der Waals surface area contributed by atoms with Crippen molar-refractivity contribution >= 4 is 17.4 Å². The van der Waals surface area contributed by atoms with Crippen molar-refractivity contribution in [3.63, 3.8) is 0 Å². The lowest BCUT2D eigenvalue weighted by atomic mass is 10.1. The first-order chi connectivity index (χ1) is 7.75. The van der Waals surface area contributed by atoms with Crippen LogP contribution in [0.15, 0.2) is 0 Å². The molecule has 2 heterocycles. The fourth-order valence-corrected chi connectivity index (χ4v) is 2.24. The zero-order valence-electron chi connectivity index (χ0n) is 9.23. The lowest BCUT2D eigenvalue weighted by Gasteiger charge is -2.07. The smallest absolute Gasteiger partial charge is 0.220 e. The number of aromatic nitrogens is 2. The van der Waals surface area contributed by atoms with Crippen molar-refractivity contribution in [1.29, 1.82) is 0 Å². The summed E-state index contributed by atoms with van der Waals surface area (Å²) in [5, 5.41) is 6.78. The molecule has 88 valence electrons. The van der Waals surface area contributed by atoms with Crippen molar-refractivity contribution in [1.82, 2.24) is 14.9 Å². The molecule has 0 spiro atoms. The molecule has 1 atom stereocenters. The summed E-state index contributed by atoms with van der Waals surface area (Å²) in [5.41, 5.74) is 0.898. The van der Waals surface area contributed by atoms with E-state index in [4.69, 9.17) is 4.74 Å². The Morgan fingerprint density at radius 2 is 2.56 bits per heavy atom. The van der Waals surface area contributed by atoms with Crippen molar-refractivity contribution in [2.45, 2.75) is 26.3 Å². The lowest BCUT2D eigenvalue weighted by molar-refractivity contribution is -0.122. The third-order valence-corrected chi connectivity index (χ3v) is 3.51. The van der Waals surface area contributed by atoms with E-state index in [1.54, 1.807) is 0 Å². The molecule has 0 radical (unpaired) electrons. The van der Waals surface area contributed by atoms with Crippen LogP contribution in [0, 0.1) is 12.8 Å². The molecule has 0 aromatic carbocycles. The second-order valence-corrected chi connectivity index (χ2v) is 4.83. The molecular formula is C10H15N3O2S. The SMILES string of the molecule is Cc1nnsc1CNC(=O)CC1CCOC1. The minimum absolute atomic E-state index is 0.0864. The Balaban J connectivity index is 1.73. The molecule has 1 aromatic heterocycles. The summed E-state index contributed by atoms with van der Waals surface area (Å²) < 4.78 is 9.05. The number of hydrogen-bond donors (Lipinski definition) is 1. The first kappa shape index (κ1) is 11.5. The van der Waals surface area contributed by atoms with E-state index in [0.717, 1.165) is 23.6 Å². The standard InChI is InChI=1S/C10H15N3O2S/c1-7-9(16-13-12-7)5-11-10(14)4-8-2-3-15-6-8/h8H,2-6H2,1H3,(H,11,14). The highest BCUT2D eigenvalue weighted by atomic mass is 32.1. The van der Waals surface area contributed by atoms with Crippen molar-refractivity contribution in [3.05, 3.63) is 10.6 Å². The van der Waals surface area contributed by atoms with Crippen molar-refractivity contribution in [3.8, 4) is 0 Å². The van der Waals surface area contributed by atoms with Gasteiger partial charge in [0.05, 0.1) is 17.1 Å². The molecule has 1 unspecified atom stereocenters. The number of aryl methyl sites for hydroxylation is 1. The van der Waals surface area contributed by atoms with Gasteiger partial charge in [0.25, 0.3) is 0 Å². The molecule has 1 amide bonds. The van der Waals surface area contributed by atoms with E-state index in [-0.39, 0.29) is 5.91 Å². The number of carbonyl (C=O) groups excluding carboxylic acids is 1. The molecule has 16 heavy (non-hydrogen) atoms. The minimum atomic E-state index is 0.0864. The largest absolute Gasteiger partial charge is 0.381 e. The highest BCUT2D eigenvalue weighted by Gasteiger charge is 2.19. The van der Waals surface area contributed by atoms with E-state index >= 15 is 0 Å². The van der Waals surface area contributed by atoms with E-state index in [1.165, 1.54) is 11.5 Å². The normalized spacial score (nSPS) is 19.9. The predicted molar refractivity (Wildman–Crippen MR) is 60.0 cm³/mol. The van der Waals surface area contributed by atoms with Crippen LogP contribution in [-0.2, 0) is 16.1 Å². The van der Waals surface area contributed by atoms with Crippen molar-refractivity contribution in [2.75, 3.05) is 13.2 Å². The summed E-state index contributed by atoms with van der Waals surface area (Å²) in [4.78, 5) is 12.6. The summed E-state index contributed by atoms with van der Waals surface area (Å²) in [7, 11) is 0. The number of nitrogens with zero attached hydrogens (tertiary/aromatic N) is 2. The van der Waals surface area contributed by atoms with Gasteiger partial charge < -0.3 is 10.1 Å². The number of rotatable bonds is 4. The third kappa shape index (κ3) is 2.99. The highest BCUT2D eigenvalue weighted by molar-refractivity contribution is 7.05. The van der Waals surface area contributed by atoms with E-state index < -0.39 is 0 Å². The fourth-order valence-electron chi connectivity index (χ4n) is 1.67. The van der Waals surface area contributed by atoms with Gasteiger partial charge in [-0.3, -0.25) is 4.79 Å². The lowest BCUT2D eigenvalue weighted by Crippen LogP contribution is -2.25. The topological polar surface area (TPSA) is 64.1 Å². The monoisotopic (exact) mass is 241 g/mol. The first-order valence-corrected chi connectivity index (χ1v) is 6.15. The maximum absolute atomic E-state index is 11.6. The third-order valence-electron chi connectivity index (χ3n) is 2.69. The van der Waals surface area contributed by atoms with Crippen LogP contribution in [0.5, 0.6) is 0 Å². The maximum atomic E-state index is 11.6. The summed E-state index contributed by atoms with van der Waals surface area (Å²) in [5.74, 6) is 0.476. The summed E-state index contributed by atoms with van der Waals surface area (Å²) in [6, 6.07) is 0. The molecule has 1 aliphatic heterocycles. The Hall–Kier alpha value is -1.01. The van der Waals surface area contributed by atoms with Crippen LogP contribution in [0.2, 0.25) is 0 Å². The summed E-state index contributed by atoms with van der Waals surface area (Å²) in [6.45, 7) is 3.94. The molecule has 1 fully saturated rings. The predicted octanol–water partition coefficient (Wildman–Crippen LogP) is 0.889. The molecule has 0 aliphatic carbocycles. The van der Waals surface area contributed by atoms with Gasteiger partial charge in [-0.15, -0.1) is 5.10 Å². The van der Waals surface area contributed by atoms with Gasteiger partial charge in [0.15, 0.2) is 0 Å². The Morgan fingerprint density at radius 3 is 3.19 bits per heavy atom. The van der Waals surface area contributed by atoms with Crippen molar-refractivity contribution in [2.24, 2.45) is 5.92 Å². The minimum Gasteiger partial charge on any atom is -0.381 e. The van der Waals surface area contributed by atoms with Gasteiger partial charge in [-0.1, -0.05) is 4.49 Å². The highest BCUT2D eigenvalue weighted by Crippen LogP contribution is 2.16. The van der Waals surface area contributed by atoms with E-state index in [9.17, 15) is 4.79 Å². The Morgan fingerprint density at radius 1 is 1.69 bits per heavy atom. The maximum Gasteiger partial charge on any atom is 0.220 e. The van der Waals surface area contributed by atoms with Gasteiger partial charge in [0.2, 0.25) is 5.91 Å². The quantitative estimate of drug-likeness (QED) is 0.850. The van der Waals surface area contributed by atoms with Crippen LogP contribution in [0.25, 0.3) is 0 Å². The number of amides is 1. The van der Waals surface area contributed by atoms with Crippen LogP contribution < -0.4 is 5.32 Å². The number of nitrogens with one attached hydrogen (secondary N) is 1. The van der Waals surface area contributed by atoms with Crippen LogP contribution >= 0.6 is 11.5 Å². The van der Waals surface area contributed by atoms with Gasteiger partial charge in [-0.2, -0.15) is 0 Å². The van der Waals surface area contributed by atoms with Gasteiger partial charge in [0, 0.05) is 19.6 Å². The average molecular weight is 241 g/mol. The number of hydrogen-bond acceptors (Lipinski definition) is 5. The molecule has 1 N–H and O–H groups in total. The average Bonchev–Trinajstić information content (AvgIpc) is 2.87. The second-order valence-electron chi connectivity index (χ2n) is 3.99. The molecular weight excluding hydrogens is 226 g/mol. The number of ether oxygens (including phenoxy) is 1. The Bertz CT molecular complexity index is 361. The van der Waals surface area contributed by atoms with Crippen LogP contribution in [-0.4, -0.2) is 28.7 Å². The molecule has 1 aromatic rings. The molecule has 0 saturated carbocycles. The Labute approximate surface area is 98.4 Å². The van der Waals surface area contributed by atoms with E-state index in [2.05, 4.69) is 14.9 Å². The zero-order valence-corrected chi connectivity index (χ0v) is 10.0. The van der Waals surface area contributed by atoms with Gasteiger partial charge in [-0.05, 0) is 30.8 Å². The van der Waals surface area contributed by atoms with Crippen LogP contribution in [0.1, 0.15) is 23.4 Å². The van der Waals surface area contributed by atoms with E-state index in [1.807, 2.05) is 6.92 Å². The van der Waals surface area contributed by atoms with E-state index in [0.29, 0.717) is 25.5 Å². The van der Waals surface area contributed by atoms with Gasteiger partial charge in [0.1, 0.15) is 0 Å².